The van der Waals surface area contributed by atoms with E-state index in [9.17, 15) is 4.39 Å². The molecule has 1 heterocycles. The molecule has 0 bridgehead atoms. The molecule has 1 aromatic rings. The van der Waals surface area contributed by atoms with Gasteiger partial charge in [0.05, 0.1) is 18.2 Å². The SMILES string of the molecule is BCC1CO[C@H](C)[C@@]1(N)c1ccccc1F. The van der Waals surface area contributed by atoms with Gasteiger partial charge in [0.2, 0.25) is 0 Å². The van der Waals surface area contributed by atoms with Gasteiger partial charge in [0, 0.05) is 11.5 Å². The number of rotatable bonds is 2. The third-order valence-corrected chi connectivity index (χ3v) is 3.73. The standard InChI is InChI=1S/C12H17BFNO/c1-8-12(15,9(6-13)7-16-8)10-4-2-3-5-11(10)14/h2-5,8-9H,6-7,13,15H2,1H3/t8-,9?,12+/m1/s1. The zero-order valence-corrected chi connectivity index (χ0v) is 9.74. The van der Waals surface area contributed by atoms with Gasteiger partial charge in [0.25, 0.3) is 0 Å². The molecule has 16 heavy (non-hydrogen) atoms. The van der Waals surface area contributed by atoms with Gasteiger partial charge in [-0.3, -0.25) is 0 Å². The Morgan fingerprint density at radius 3 is 2.88 bits per heavy atom. The summed E-state index contributed by atoms with van der Waals surface area (Å²) in [4.78, 5) is 0. The second-order valence-corrected chi connectivity index (χ2v) is 4.49. The third-order valence-electron chi connectivity index (χ3n) is 3.73. The summed E-state index contributed by atoms with van der Waals surface area (Å²) >= 11 is 0. The van der Waals surface area contributed by atoms with Crippen LogP contribution in [0.2, 0.25) is 6.32 Å². The van der Waals surface area contributed by atoms with E-state index in [0.29, 0.717) is 12.2 Å². The highest BCUT2D eigenvalue weighted by Crippen LogP contribution is 2.40. The summed E-state index contributed by atoms with van der Waals surface area (Å²) in [6, 6.07) is 6.74. The van der Waals surface area contributed by atoms with Crippen molar-refractivity contribution in [3.63, 3.8) is 0 Å². The Morgan fingerprint density at radius 1 is 1.56 bits per heavy atom. The highest BCUT2D eigenvalue weighted by molar-refractivity contribution is 6.08. The van der Waals surface area contributed by atoms with E-state index >= 15 is 0 Å². The van der Waals surface area contributed by atoms with Crippen molar-refractivity contribution in [1.82, 2.24) is 0 Å². The van der Waals surface area contributed by atoms with Crippen LogP contribution in [0.4, 0.5) is 4.39 Å². The molecule has 0 aromatic heterocycles. The van der Waals surface area contributed by atoms with Gasteiger partial charge in [-0.25, -0.2) is 4.39 Å². The first-order valence-electron chi connectivity index (χ1n) is 5.76. The molecule has 0 spiro atoms. The summed E-state index contributed by atoms with van der Waals surface area (Å²) in [5.41, 5.74) is 6.30. The van der Waals surface area contributed by atoms with Crippen LogP contribution < -0.4 is 5.73 Å². The molecule has 1 unspecified atom stereocenters. The molecule has 1 aliphatic heterocycles. The van der Waals surface area contributed by atoms with Gasteiger partial charge in [-0.1, -0.05) is 24.5 Å². The highest BCUT2D eigenvalue weighted by Gasteiger charge is 2.47. The van der Waals surface area contributed by atoms with E-state index in [4.69, 9.17) is 10.5 Å². The van der Waals surface area contributed by atoms with Crippen LogP contribution in [-0.4, -0.2) is 20.6 Å². The number of hydrogen-bond acceptors (Lipinski definition) is 2. The first-order chi connectivity index (χ1) is 7.60. The van der Waals surface area contributed by atoms with Crippen molar-refractivity contribution in [2.45, 2.75) is 24.9 Å². The van der Waals surface area contributed by atoms with E-state index in [1.807, 2.05) is 13.0 Å². The van der Waals surface area contributed by atoms with Crippen molar-refractivity contribution in [3.05, 3.63) is 35.6 Å². The fourth-order valence-corrected chi connectivity index (χ4v) is 2.58. The number of hydrogen-bond donors (Lipinski definition) is 1. The Kier molecular flexibility index (Phi) is 3.04. The molecule has 1 aromatic carbocycles. The first kappa shape index (κ1) is 11.6. The van der Waals surface area contributed by atoms with Crippen molar-refractivity contribution in [2.24, 2.45) is 11.7 Å². The van der Waals surface area contributed by atoms with Crippen LogP contribution >= 0.6 is 0 Å². The Labute approximate surface area is 96.4 Å². The van der Waals surface area contributed by atoms with Crippen LogP contribution in [-0.2, 0) is 10.3 Å². The summed E-state index contributed by atoms with van der Waals surface area (Å²) in [5, 5.41) is 0. The van der Waals surface area contributed by atoms with E-state index < -0.39 is 5.54 Å². The molecule has 0 saturated carbocycles. The molecule has 2 N–H and O–H groups in total. The molecular weight excluding hydrogens is 204 g/mol. The predicted octanol–water partition coefficient (Wildman–Crippen LogP) is 1.07. The second kappa shape index (κ2) is 4.19. The lowest BCUT2D eigenvalue weighted by Crippen LogP contribution is -2.48. The van der Waals surface area contributed by atoms with Gasteiger partial charge in [-0.2, -0.15) is 0 Å². The van der Waals surface area contributed by atoms with E-state index in [2.05, 4.69) is 7.85 Å². The molecule has 1 fully saturated rings. The molecule has 0 radical (unpaired) electrons. The number of halogens is 1. The minimum Gasteiger partial charge on any atom is -0.376 e. The fraction of sp³-hybridized carbons (Fsp3) is 0.500. The average molecular weight is 221 g/mol. The molecule has 0 amide bonds. The van der Waals surface area contributed by atoms with Crippen molar-refractivity contribution >= 4 is 7.85 Å². The molecule has 2 rings (SSSR count). The molecule has 0 aliphatic carbocycles. The Balaban J connectivity index is 2.47. The number of benzene rings is 1. The van der Waals surface area contributed by atoms with Gasteiger partial charge in [0.15, 0.2) is 0 Å². The third kappa shape index (κ3) is 1.57. The average Bonchev–Trinajstić information content (AvgIpc) is 2.57. The van der Waals surface area contributed by atoms with Gasteiger partial charge in [-0.05, 0) is 13.0 Å². The normalized spacial score (nSPS) is 34.2. The zero-order valence-electron chi connectivity index (χ0n) is 9.74. The summed E-state index contributed by atoms with van der Waals surface area (Å²) < 4.78 is 19.4. The van der Waals surface area contributed by atoms with Crippen LogP contribution in [0.25, 0.3) is 0 Å². The van der Waals surface area contributed by atoms with Crippen molar-refractivity contribution in [2.75, 3.05) is 6.61 Å². The Hall–Kier alpha value is -0.865. The molecular formula is C12H17BFNO. The molecule has 3 atom stereocenters. The lowest BCUT2D eigenvalue weighted by molar-refractivity contribution is 0.0940. The largest absolute Gasteiger partial charge is 0.376 e. The van der Waals surface area contributed by atoms with E-state index in [-0.39, 0.29) is 17.8 Å². The minimum atomic E-state index is -0.694. The van der Waals surface area contributed by atoms with Crippen LogP contribution in [0.1, 0.15) is 12.5 Å². The first-order valence-corrected chi connectivity index (χ1v) is 5.76. The molecule has 1 saturated heterocycles. The molecule has 1 aliphatic rings. The van der Waals surface area contributed by atoms with Crippen molar-refractivity contribution < 1.29 is 9.13 Å². The zero-order chi connectivity index (χ0) is 11.8. The predicted molar refractivity (Wildman–Crippen MR) is 64.5 cm³/mol. The van der Waals surface area contributed by atoms with Crippen LogP contribution in [0.5, 0.6) is 0 Å². The second-order valence-electron chi connectivity index (χ2n) is 4.49. The molecule has 2 nitrogen and oxygen atoms in total. The topological polar surface area (TPSA) is 35.2 Å². The summed E-state index contributed by atoms with van der Waals surface area (Å²) in [6.45, 7) is 2.53. The fourth-order valence-electron chi connectivity index (χ4n) is 2.58. The lowest BCUT2D eigenvalue weighted by atomic mass is 9.72. The van der Waals surface area contributed by atoms with Gasteiger partial charge >= 0.3 is 0 Å². The molecule has 86 valence electrons. The summed E-state index contributed by atoms with van der Waals surface area (Å²) in [6.07, 6.45) is 0.754. The lowest BCUT2D eigenvalue weighted by Gasteiger charge is -2.33. The maximum atomic E-state index is 13.8. The number of ether oxygens (including phenoxy) is 1. The van der Waals surface area contributed by atoms with E-state index in [0.717, 1.165) is 6.32 Å². The van der Waals surface area contributed by atoms with Gasteiger partial charge in [-0.15, -0.1) is 0 Å². The van der Waals surface area contributed by atoms with Crippen LogP contribution in [0, 0.1) is 11.7 Å². The highest BCUT2D eigenvalue weighted by atomic mass is 19.1. The maximum Gasteiger partial charge on any atom is 0.128 e. The quantitative estimate of drug-likeness (QED) is 0.758. The van der Waals surface area contributed by atoms with Gasteiger partial charge in [0.1, 0.15) is 13.7 Å². The smallest absolute Gasteiger partial charge is 0.128 e. The summed E-state index contributed by atoms with van der Waals surface area (Å²) in [7, 11) is 2.06. The van der Waals surface area contributed by atoms with Crippen LogP contribution in [0.15, 0.2) is 24.3 Å². The van der Waals surface area contributed by atoms with Crippen molar-refractivity contribution in [1.29, 1.82) is 0 Å². The van der Waals surface area contributed by atoms with Crippen LogP contribution in [0.3, 0.4) is 0 Å². The Morgan fingerprint density at radius 2 is 2.25 bits per heavy atom. The maximum absolute atomic E-state index is 13.8. The Bertz CT molecular complexity index is 387. The molecule has 4 heteroatoms. The monoisotopic (exact) mass is 221 g/mol. The van der Waals surface area contributed by atoms with Gasteiger partial charge < -0.3 is 10.5 Å². The number of nitrogens with two attached hydrogens (primary N) is 1. The summed E-state index contributed by atoms with van der Waals surface area (Å²) in [5.74, 6) is -0.0554. The van der Waals surface area contributed by atoms with E-state index in [1.165, 1.54) is 6.07 Å². The van der Waals surface area contributed by atoms with Crippen molar-refractivity contribution in [3.8, 4) is 0 Å². The minimum absolute atomic E-state index is 0.144. The van der Waals surface area contributed by atoms with E-state index in [1.54, 1.807) is 12.1 Å².